The van der Waals surface area contributed by atoms with Crippen LogP contribution in [-0.4, -0.2) is 89.6 Å². The van der Waals surface area contributed by atoms with Crippen molar-refractivity contribution in [3.63, 3.8) is 0 Å². The van der Waals surface area contributed by atoms with E-state index in [2.05, 4.69) is 15.1 Å². The second-order valence-electron chi connectivity index (χ2n) is 15.8. The van der Waals surface area contributed by atoms with Gasteiger partial charge in [0.15, 0.2) is 16.7 Å². The third kappa shape index (κ3) is 7.60. The van der Waals surface area contributed by atoms with Gasteiger partial charge >= 0.3 is 6.18 Å². The highest BCUT2D eigenvalue weighted by Gasteiger charge is 2.52. The molecule has 308 valence electrons. The number of halogens is 4. The average Bonchev–Trinajstić information content (AvgIpc) is 3.84. The normalized spacial score (nSPS) is 20.9. The Labute approximate surface area is 342 Å². The van der Waals surface area contributed by atoms with Gasteiger partial charge in [0.1, 0.15) is 30.1 Å². The van der Waals surface area contributed by atoms with Crippen LogP contribution in [0.4, 0.5) is 28.9 Å². The molecule has 1 saturated carbocycles. The molecule has 3 aromatic carbocycles. The molecule has 0 bridgehead atoms. The minimum Gasteiger partial charge on any atom is -0.492 e. The molecule has 3 aliphatic heterocycles. The fourth-order valence-electron chi connectivity index (χ4n) is 8.23. The molecule has 1 aliphatic carbocycles. The first-order valence-corrected chi connectivity index (χ1v) is 19.7. The van der Waals surface area contributed by atoms with Gasteiger partial charge in [-0.2, -0.15) is 18.4 Å². The number of piperidine rings is 1. The number of rotatable bonds is 11. The zero-order chi connectivity index (χ0) is 41.9. The fourth-order valence-corrected chi connectivity index (χ4v) is 8.75. The van der Waals surface area contributed by atoms with Crippen LogP contribution in [0.2, 0.25) is 0 Å². The lowest BCUT2D eigenvalue weighted by Gasteiger charge is -2.39. The molecule has 12 nitrogen and oxygen atoms in total. The Kier molecular flexibility index (Phi) is 10.4. The third-order valence-electron chi connectivity index (χ3n) is 11.8. The zero-order valence-corrected chi connectivity index (χ0v) is 33.1. The maximum Gasteiger partial charge on any atom is 0.417 e. The number of benzene rings is 3. The van der Waals surface area contributed by atoms with Crippen LogP contribution in [-0.2, 0) is 20.6 Å². The van der Waals surface area contributed by atoms with Crippen LogP contribution in [0.25, 0.3) is 11.0 Å². The van der Waals surface area contributed by atoms with Crippen LogP contribution in [0.1, 0.15) is 62.1 Å². The van der Waals surface area contributed by atoms with E-state index >= 15 is 4.39 Å². The number of carbonyl (C=O) groups is 3. The van der Waals surface area contributed by atoms with E-state index in [4.69, 9.17) is 26.1 Å². The molecule has 8 rings (SSSR count). The number of fused-ring (bicyclic) bond motifs is 1. The van der Waals surface area contributed by atoms with E-state index in [1.54, 1.807) is 26.2 Å². The highest BCUT2D eigenvalue weighted by atomic mass is 32.1. The zero-order valence-electron chi connectivity index (χ0n) is 32.2. The van der Waals surface area contributed by atoms with Crippen molar-refractivity contribution in [2.45, 2.75) is 62.7 Å². The van der Waals surface area contributed by atoms with Gasteiger partial charge in [-0.15, -0.1) is 0 Å². The molecule has 1 atom stereocenters. The highest BCUT2D eigenvalue weighted by molar-refractivity contribution is 7.81. The quantitative estimate of drug-likeness (QED) is 0.101. The first-order valence-electron chi connectivity index (χ1n) is 19.3. The Bertz CT molecular complexity index is 2400. The van der Waals surface area contributed by atoms with Gasteiger partial charge in [0.2, 0.25) is 11.8 Å². The van der Waals surface area contributed by atoms with E-state index in [9.17, 15) is 32.8 Å². The molecule has 4 fully saturated rings. The second kappa shape index (κ2) is 15.2. The SMILES string of the molecule is CC1(C)C(=O)N(c2ccc(C#N)c(C(F)(F)F)c2)C(=S)N1c1ccc(OCC2(N3CCN(CCOc4ccc5c(C6CCC(=O)NC6=O)coc5c4)CC3)CC2)c(F)c1. The minimum atomic E-state index is -4.83. The van der Waals surface area contributed by atoms with Crippen LogP contribution >= 0.6 is 12.2 Å². The Hall–Kier alpha value is -5.57. The van der Waals surface area contributed by atoms with Gasteiger partial charge in [0.05, 0.1) is 40.6 Å². The summed E-state index contributed by atoms with van der Waals surface area (Å²) in [6.45, 7) is 7.82. The average molecular weight is 833 g/mol. The number of imide groups is 1. The van der Waals surface area contributed by atoms with Gasteiger partial charge in [0.25, 0.3) is 5.91 Å². The summed E-state index contributed by atoms with van der Waals surface area (Å²) in [5, 5.41) is 12.3. The van der Waals surface area contributed by atoms with Crippen molar-refractivity contribution in [3.8, 4) is 17.6 Å². The van der Waals surface area contributed by atoms with Gasteiger partial charge < -0.3 is 18.8 Å². The number of furan rings is 1. The maximum absolute atomic E-state index is 15.7. The number of hydrogen-bond acceptors (Lipinski definition) is 10. The second-order valence-corrected chi connectivity index (χ2v) is 16.2. The van der Waals surface area contributed by atoms with Gasteiger partial charge in [-0.05, 0) is 87.8 Å². The number of carbonyl (C=O) groups excluding carboxylic acids is 3. The van der Waals surface area contributed by atoms with E-state index < -0.39 is 40.5 Å². The summed E-state index contributed by atoms with van der Waals surface area (Å²) in [5.41, 5.74) is -1.91. The van der Waals surface area contributed by atoms with Crippen LogP contribution < -0.4 is 24.6 Å². The Morgan fingerprint density at radius 3 is 2.41 bits per heavy atom. The summed E-state index contributed by atoms with van der Waals surface area (Å²) in [4.78, 5) is 44.6. The smallest absolute Gasteiger partial charge is 0.417 e. The fraction of sp³-hybridized carbons (Fsp3) is 0.405. The van der Waals surface area contributed by atoms with Crippen LogP contribution in [0, 0.1) is 17.1 Å². The van der Waals surface area contributed by atoms with E-state index in [1.807, 2.05) is 18.2 Å². The van der Waals surface area contributed by atoms with Crippen molar-refractivity contribution >= 4 is 57.4 Å². The largest absolute Gasteiger partial charge is 0.492 e. The molecule has 1 aromatic heterocycles. The molecule has 0 spiro atoms. The van der Waals surface area contributed by atoms with Crippen molar-refractivity contribution < 1.29 is 45.8 Å². The number of nitriles is 1. The lowest BCUT2D eigenvalue weighted by Crippen LogP contribution is -2.53. The van der Waals surface area contributed by atoms with Crippen molar-refractivity contribution in [1.82, 2.24) is 15.1 Å². The molecule has 0 radical (unpaired) electrons. The standard InChI is InChI=1S/C42H40F4N6O6S/c1-40(2)38(55)51(26-4-3-25(22-47)32(19-26)42(44,45)46)39(59)52(40)27-5-9-34(33(43)20-27)58-24-41(11-12-41)50-15-13-49(14-16-50)17-18-56-28-6-7-29-31(23-57-35(29)21-28)30-8-10-36(53)48-37(30)54/h3-7,9,19-21,23,30H,8,10-18,24H2,1-2H3,(H,48,53,54). The number of piperazine rings is 1. The van der Waals surface area contributed by atoms with E-state index in [-0.39, 0.29) is 46.2 Å². The number of ether oxygens (including phenoxy) is 2. The molecule has 3 saturated heterocycles. The van der Waals surface area contributed by atoms with E-state index in [0.717, 1.165) is 73.5 Å². The minimum absolute atomic E-state index is 0.0313. The predicted octanol–water partition coefficient (Wildman–Crippen LogP) is 6.51. The number of amides is 3. The third-order valence-corrected chi connectivity index (χ3v) is 12.1. The lowest BCUT2D eigenvalue weighted by atomic mass is 9.90. The van der Waals surface area contributed by atoms with Gasteiger partial charge in [0, 0.05) is 67.9 Å². The summed E-state index contributed by atoms with van der Waals surface area (Å²) in [6.07, 6.45) is -0.700. The first-order chi connectivity index (χ1) is 28.1. The highest BCUT2D eigenvalue weighted by Crippen LogP contribution is 2.44. The van der Waals surface area contributed by atoms with Crippen LogP contribution in [0.3, 0.4) is 0 Å². The van der Waals surface area contributed by atoms with Gasteiger partial charge in [-0.1, -0.05) is 0 Å². The number of hydrogen-bond donors (Lipinski definition) is 1. The monoisotopic (exact) mass is 832 g/mol. The molecule has 4 aromatic rings. The molecular formula is C42H40F4N6O6S. The summed E-state index contributed by atoms with van der Waals surface area (Å²) >= 11 is 5.60. The molecule has 4 heterocycles. The molecule has 17 heteroatoms. The van der Waals surface area contributed by atoms with E-state index in [1.165, 1.54) is 29.2 Å². The predicted molar refractivity (Wildman–Crippen MR) is 212 cm³/mol. The Morgan fingerprint density at radius 1 is 0.983 bits per heavy atom. The molecule has 1 unspecified atom stereocenters. The molecule has 1 N–H and O–H groups in total. The Morgan fingerprint density at radius 2 is 1.73 bits per heavy atom. The van der Waals surface area contributed by atoms with Gasteiger partial charge in [-0.25, -0.2) is 4.39 Å². The summed E-state index contributed by atoms with van der Waals surface area (Å²) in [5.74, 6) is -1.60. The first kappa shape index (κ1) is 40.2. The summed E-state index contributed by atoms with van der Waals surface area (Å²) in [6, 6.07) is 14.2. The number of alkyl halides is 3. The van der Waals surface area contributed by atoms with Crippen molar-refractivity contribution in [2.75, 3.05) is 55.7 Å². The lowest BCUT2D eigenvalue weighted by molar-refractivity contribution is -0.138. The Balaban J connectivity index is 0.837. The number of nitrogens with one attached hydrogen (secondary N) is 1. The number of anilines is 2. The number of thiocarbonyl (C=S) groups is 1. The van der Waals surface area contributed by atoms with Crippen LogP contribution in [0.5, 0.6) is 11.5 Å². The molecular weight excluding hydrogens is 793 g/mol. The van der Waals surface area contributed by atoms with Crippen molar-refractivity contribution in [1.29, 1.82) is 5.26 Å². The molecule has 4 aliphatic rings. The van der Waals surface area contributed by atoms with Gasteiger partial charge in [-0.3, -0.25) is 34.4 Å². The van der Waals surface area contributed by atoms with E-state index in [0.29, 0.717) is 30.8 Å². The number of nitrogens with zero attached hydrogens (tertiary/aromatic N) is 5. The van der Waals surface area contributed by atoms with Crippen LogP contribution in [0.15, 0.2) is 65.3 Å². The van der Waals surface area contributed by atoms with Crippen molar-refractivity contribution in [2.24, 2.45) is 0 Å². The summed E-state index contributed by atoms with van der Waals surface area (Å²) < 4.78 is 74.7. The maximum atomic E-state index is 15.7. The van der Waals surface area contributed by atoms with Crippen molar-refractivity contribution in [3.05, 3.63) is 83.4 Å². The molecule has 3 amide bonds. The summed E-state index contributed by atoms with van der Waals surface area (Å²) in [7, 11) is 0. The topological polar surface area (TPSA) is 132 Å². The molecule has 59 heavy (non-hydrogen) atoms.